The maximum absolute atomic E-state index is 12.2. The van der Waals surface area contributed by atoms with Crippen molar-refractivity contribution in [2.45, 2.75) is 45.1 Å². The van der Waals surface area contributed by atoms with E-state index in [1.165, 1.54) is 24.8 Å². The number of amides is 1. The Morgan fingerprint density at radius 3 is 2.76 bits per heavy atom. The molecule has 0 radical (unpaired) electrons. The van der Waals surface area contributed by atoms with Crippen LogP contribution in [0.25, 0.3) is 0 Å². The van der Waals surface area contributed by atoms with E-state index in [2.05, 4.69) is 39.2 Å². The Kier molecular flexibility index (Phi) is 5.99. The van der Waals surface area contributed by atoms with Crippen molar-refractivity contribution in [2.75, 3.05) is 18.0 Å². The fraction of sp³-hybridized carbons (Fsp3) is 0.450. The number of piperidine rings is 1. The molecule has 1 N–H and O–H groups in total. The molecule has 5 nitrogen and oxygen atoms in total. The fourth-order valence-corrected chi connectivity index (χ4v) is 3.37. The zero-order valence-electron chi connectivity index (χ0n) is 14.8. The molecule has 1 aromatic heterocycles. The van der Waals surface area contributed by atoms with Gasteiger partial charge in [-0.3, -0.25) is 4.79 Å². The number of rotatable bonds is 6. The van der Waals surface area contributed by atoms with Gasteiger partial charge in [0.05, 0.1) is 12.4 Å². The van der Waals surface area contributed by atoms with Crippen LogP contribution in [0.5, 0.6) is 0 Å². The maximum Gasteiger partial charge on any atom is 0.271 e. The molecule has 1 unspecified atom stereocenters. The van der Waals surface area contributed by atoms with Crippen LogP contribution in [0.3, 0.4) is 0 Å². The molecule has 2 heterocycles. The second-order valence-electron chi connectivity index (χ2n) is 6.50. The van der Waals surface area contributed by atoms with Crippen LogP contribution in [0.2, 0.25) is 0 Å². The quantitative estimate of drug-likeness (QED) is 0.878. The van der Waals surface area contributed by atoms with Crippen LogP contribution in [0.1, 0.15) is 48.7 Å². The highest BCUT2D eigenvalue weighted by Crippen LogP contribution is 2.24. The van der Waals surface area contributed by atoms with Gasteiger partial charge in [-0.05, 0) is 37.7 Å². The molecule has 2 aromatic rings. The van der Waals surface area contributed by atoms with E-state index in [4.69, 9.17) is 0 Å². The Bertz CT molecular complexity index is 672. The summed E-state index contributed by atoms with van der Waals surface area (Å²) in [7, 11) is 0. The van der Waals surface area contributed by atoms with E-state index in [1.54, 1.807) is 12.4 Å². The Labute approximate surface area is 149 Å². The summed E-state index contributed by atoms with van der Waals surface area (Å²) >= 11 is 0. The molecule has 1 aliphatic rings. The van der Waals surface area contributed by atoms with Crippen LogP contribution in [0.15, 0.2) is 42.7 Å². The van der Waals surface area contributed by atoms with Crippen LogP contribution in [0, 0.1) is 0 Å². The SMILES string of the molecule is CCC1CCCCN1c1cnc(C(=O)NCCc2ccccc2)cn1. The Morgan fingerprint density at radius 2 is 2.04 bits per heavy atom. The summed E-state index contributed by atoms with van der Waals surface area (Å²) in [5.41, 5.74) is 1.59. The summed E-state index contributed by atoms with van der Waals surface area (Å²) in [6, 6.07) is 10.7. The maximum atomic E-state index is 12.2. The number of carbonyl (C=O) groups excluding carboxylic acids is 1. The fourth-order valence-electron chi connectivity index (χ4n) is 3.37. The highest BCUT2D eigenvalue weighted by atomic mass is 16.1. The minimum absolute atomic E-state index is 0.166. The first-order valence-electron chi connectivity index (χ1n) is 9.18. The van der Waals surface area contributed by atoms with Crippen molar-refractivity contribution in [1.29, 1.82) is 0 Å². The molecule has 25 heavy (non-hydrogen) atoms. The van der Waals surface area contributed by atoms with Crippen molar-refractivity contribution in [3.05, 3.63) is 54.0 Å². The van der Waals surface area contributed by atoms with Gasteiger partial charge in [0.25, 0.3) is 5.91 Å². The van der Waals surface area contributed by atoms with E-state index in [-0.39, 0.29) is 5.91 Å². The number of hydrogen-bond acceptors (Lipinski definition) is 4. The lowest BCUT2D eigenvalue weighted by atomic mass is 10.0. The van der Waals surface area contributed by atoms with Gasteiger partial charge in [0.15, 0.2) is 0 Å². The van der Waals surface area contributed by atoms with E-state index >= 15 is 0 Å². The van der Waals surface area contributed by atoms with Gasteiger partial charge in [0.1, 0.15) is 11.5 Å². The van der Waals surface area contributed by atoms with Crippen LogP contribution in [0.4, 0.5) is 5.82 Å². The highest BCUT2D eigenvalue weighted by Gasteiger charge is 2.22. The summed E-state index contributed by atoms with van der Waals surface area (Å²) in [4.78, 5) is 23.4. The molecule has 132 valence electrons. The van der Waals surface area contributed by atoms with Crippen molar-refractivity contribution < 1.29 is 4.79 Å². The number of nitrogens with zero attached hydrogens (tertiary/aromatic N) is 3. The molecule has 0 bridgehead atoms. The number of aromatic nitrogens is 2. The lowest BCUT2D eigenvalue weighted by Crippen LogP contribution is -2.39. The van der Waals surface area contributed by atoms with Crippen molar-refractivity contribution >= 4 is 11.7 Å². The summed E-state index contributed by atoms with van der Waals surface area (Å²) in [6.07, 6.45) is 8.94. The Balaban J connectivity index is 1.55. The molecule has 0 saturated carbocycles. The van der Waals surface area contributed by atoms with E-state index in [0.717, 1.165) is 25.2 Å². The zero-order valence-corrected chi connectivity index (χ0v) is 14.8. The zero-order chi connectivity index (χ0) is 17.5. The average Bonchev–Trinajstić information content (AvgIpc) is 2.69. The highest BCUT2D eigenvalue weighted by molar-refractivity contribution is 5.92. The summed E-state index contributed by atoms with van der Waals surface area (Å²) in [6.45, 7) is 3.83. The van der Waals surface area contributed by atoms with Crippen LogP contribution in [-0.2, 0) is 6.42 Å². The van der Waals surface area contributed by atoms with Crippen molar-refractivity contribution in [3.63, 3.8) is 0 Å². The number of hydrogen-bond donors (Lipinski definition) is 1. The Hall–Kier alpha value is -2.43. The first kappa shape index (κ1) is 17.4. The molecule has 5 heteroatoms. The average molecular weight is 338 g/mol. The van der Waals surface area contributed by atoms with Gasteiger partial charge in [-0.2, -0.15) is 0 Å². The Morgan fingerprint density at radius 1 is 1.20 bits per heavy atom. The lowest BCUT2D eigenvalue weighted by molar-refractivity contribution is 0.0949. The van der Waals surface area contributed by atoms with Gasteiger partial charge in [0.2, 0.25) is 0 Å². The van der Waals surface area contributed by atoms with Gasteiger partial charge in [0, 0.05) is 19.1 Å². The molecular formula is C20H26N4O. The summed E-state index contributed by atoms with van der Waals surface area (Å²) < 4.78 is 0. The smallest absolute Gasteiger partial charge is 0.271 e. The molecule has 0 aliphatic carbocycles. The van der Waals surface area contributed by atoms with Gasteiger partial charge >= 0.3 is 0 Å². The first-order valence-corrected chi connectivity index (χ1v) is 9.18. The van der Waals surface area contributed by atoms with Crippen molar-refractivity contribution in [1.82, 2.24) is 15.3 Å². The molecule has 3 rings (SSSR count). The molecule has 1 aliphatic heterocycles. The van der Waals surface area contributed by atoms with Crippen LogP contribution >= 0.6 is 0 Å². The minimum atomic E-state index is -0.166. The second kappa shape index (κ2) is 8.60. The first-order chi connectivity index (χ1) is 12.3. The van der Waals surface area contributed by atoms with Gasteiger partial charge in [-0.15, -0.1) is 0 Å². The second-order valence-corrected chi connectivity index (χ2v) is 6.50. The van der Waals surface area contributed by atoms with Gasteiger partial charge in [-0.1, -0.05) is 37.3 Å². The predicted molar refractivity (Wildman–Crippen MR) is 99.8 cm³/mol. The van der Waals surface area contributed by atoms with Crippen molar-refractivity contribution in [2.24, 2.45) is 0 Å². The molecule has 0 spiro atoms. The van der Waals surface area contributed by atoms with Crippen LogP contribution < -0.4 is 10.2 Å². The predicted octanol–water partition coefficient (Wildman–Crippen LogP) is 3.22. The molecule has 1 aromatic carbocycles. The minimum Gasteiger partial charge on any atom is -0.352 e. The number of anilines is 1. The molecule has 1 fully saturated rings. The molecule has 1 saturated heterocycles. The molecular weight excluding hydrogens is 312 g/mol. The van der Waals surface area contributed by atoms with Crippen molar-refractivity contribution in [3.8, 4) is 0 Å². The number of benzene rings is 1. The van der Waals surface area contributed by atoms with E-state index in [1.807, 2.05) is 18.2 Å². The number of nitrogens with one attached hydrogen (secondary N) is 1. The van der Waals surface area contributed by atoms with E-state index < -0.39 is 0 Å². The monoisotopic (exact) mass is 338 g/mol. The normalized spacial score (nSPS) is 17.3. The van der Waals surface area contributed by atoms with Gasteiger partial charge in [-0.25, -0.2) is 9.97 Å². The van der Waals surface area contributed by atoms with Gasteiger partial charge < -0.3 is 10.2 Å². The van der Waals surface area contributed by atoms with E-state index in [9.17, 15) is 4.79 Å². The summed E-state index contributed by atoms with van der Waals surface area (Å²) in [5, 5.41) is 2.91. The summed E-state index contributed by atoms with van der Waals surface area (Å²) in [5.74, 6) is 0.716. The van der Waals surface area contributed by atoms with Crippen LogP contribution in [-0.4, -0.2) is 35.0 Å². The molecule has 1 atom stereocenters. The largest absolute Gasteiger partial charge is 0.352 e. The van der Waals surface area contributed by atoms with E-state index in [0.29, 0.717) is 18.3 Å². The number of carbonyl (C=O) groups is 1. The molecule has 1 amide bonds. The topological polar surface area (TPSA) is 58.1 Å². The third kappa shape index (κ3) is 4.56. The third-order valence-corrected chi connectivity index (χ3v) is 4.81. The third-order valence-electron chi connectivity index (χ3n) is 4.81. The standard InChI is InChI=1S/C20H26N4O/c1-2-17-10-6-7-13-24(17)19-15-22-18(14-23-19)20(25)21-12-11-16-8-4-3-5-9-16/h3-5,8-9,14-15,17H,2,6-7,10-13H2,1H3,(H,21,25). The lowest BCUT2D eigenvalue weighted by Gasteiger charge is -2.35.